The van der Waals surface area contributed by atoms with Crippen molar-refractivity contribution in [1.82, 2.24) is 5.32 Å². The van der Waals surface area contributed by atoms with E-state index in [0.29, 0.717) is 11.1 Å². The van der Waals surface area contributed by atoms with E-state index in [1.54, 1.807) is 0 Å². The lowest BCUT2D eigenvalue weighted by molar-refractivity contribution is -0.148. The maximum Gasteiger partial charge on any atom is 0.330 e. The predicted octanol–water partition coefficient (Wildman–Crippen LogP) is 4.04. The molecule has 1 saturated carbocycles. The Morgan fingerprint density at radius 3 is 2.52 bits per heavy atom. The standard InChI is InChI=1S/C17H24ClNO2/c1-17(16(20)21-2,13-8-7-9-14(18)12-13)19-15-10-5-3-4-6-11-15/h7-9,12,15,19H,3-6,10-11H2,1-2H3. The second-order valence-electron chi connectivity index (χ2n) is 5.96. The van der Waals surface area contributed by atoms with Crippen LogP contribution in [0.3, 0.4) is 0 Å². The number of nitrogens with one attached hydrogen (secondary N) is 1. The van der Waals surface area contributed by atoms with Crippen LogP contribution in [0.5, 0.6) is 0 Å². The fourth-order valence-electron chi connectivity index (χ4n) is 3.10. The Balaban J connectivity index is 2.26. The van der Waals surface area contributed by atoms with Crippen LogP contribution in [-0.2, 0) is 15.1 Å². The zero-order chi connectivity index (χ0) is 15.3. The van der Waals surface area contributed by atoms with Gasteiger partial charge in [0.05, 0.1) is 7.11 Å². The lowest BCUT2D eigenvalue weighted by atomic mass is 9.90. The molecule has 1 atom stereocenters. The van der Waals surface area contributed by atoms with Crippen LogP contribution in [0, 0.1) is 0 Å². The second-order valence-corrected chi connectivity index (χ2v) is 6.40. The first-order valence-electron chi connectivity index (χ1n) is 7.68. The second kappa shape index (κ2) is 7.28. The van der Waals surface area contributed by atoms with Gasteiger partial charge in [-0.15, -0.1) is 0 Å². The molecule has 1 N–H and O–H groups in total. The molecule has 0 radical (unpaired) electrons. The third-order valence-electron chi connectivity index (χ3n) is 4.34. The highest BCUT2D eigenvalue weighted by Gasteiger charge is 2.38. The zero-order valence-electron chi connectivity index (χ0n) is 12.8. The van der Waals surface area contributed by atoms with E-state index in [1.807, 2.05) is 31.2 Å². The van der Waals surface area contributed by atoms with Gasteiger partial charge in [-0.3, -0.25) is 5.32 Å². The van der Waals surface area contributed by atoms with Gasteiger partial charge in [0.2, 0.25) is 0 Å². The number of hydrogen-bond acceptors (Lipinski definition) is 3. The molecule has 21 heavy (non-hydrogen) atoms. The SMILES string of the molecule is COC(=O)C(C)(NC1CCCCCC1)c1cccc(Cl)c1. The molecule has 0 saturated heterocycles. The van der Waals surface area contributed by atoms with Crippen LogP contribution < -0.4 is 5.32 Å². The summed E-state index contributed by atoms with van der Waals surface area (Å²) in [5.41, 5.74) is 0.000344. The van der Waals surface area contributed by atoms with E-state index in [9.17, 15) is 4.79 Å². The number of halogens is 1. The summed E-state index contributed by atoms with van der Waals surface area (Å²) in [6.45, 7) is 1.88. The van der Waals surface area contributed by atoms with Gasteiger partial charge in [0.1, 0.15) is 5.54 Å². The monoisotopic (exact) mass is 309 g/mol. The molecule has 1 fully saturated rings. The van der Waals surface area contributed by atoms with E-state index in [-0.39, 0.29) is 5.97 Å². The van der Waals surface area contributed by atoms with E-state index >= 15 is 0 Å². The number of esters is 1. The molecule has 116 valence electrons. The Bertz CT molecular complexity index is 483. The first-order valence-corrected chi connectivity index (χ1v) is 8.06. The molecule has 0 heterocycles. The number of methoxy groups -OCH3 is 1. The summed E-state index contributed by atoms with van der Waals surface area (Å²) in [6.07, 6.45) is 7.20. The minimum Gasteiger partial charge on any atom is -0.467 e. The topological polar surface area (TPSA) is 38.3 Å². The molecule has 1 unspecified atom stereocenters. The van der Waals surface area contributed by atoms with Gasteiger partial charge < -0.3 is 4.74 Å². The lowest BCUT2D eigenvalue weighted by Gasteiger charge is -2.33. The van der Waals surface area contributed by atoms with Crippen LogP contribution in [-0.4, -0.2) is 19.1 Å². The predicted molar refractivity (Wildman–Crippen MR) is 85.4 cm³/mol. The van der Waals surface area contributed by atoms with Crippen molar-refractivity contribution in [3.05, 3.63) is 34.9 Å². The van der Waals surface area contributed by atoms with Crippen molar-refractivity contribution in [1.29, 1.82) is 0 Å². The van der Waals surface area contributed by atoms with Crippen molar-refractivity contribution in [2.24, 2.45) is 0 Å². The molecule has 1 aliphatic rings. The molecule has 0 spiro atoms. The van der Waals surface area contributed by atoms with Gasteiger partial charge in [-0.2, -0.15) is 0 Å². The number of rotatable bonds is 4. The first kappa shape index (κ1) is 16.3. The van der Waals surface area contributed by atoms with Gasteiger partial charge in [-0.1, -0.05) is 49.4 Å². The number of benzene rings is 1. The molecular weight excluding hydrogens is 286 g/mol. The largest absolute Gasteiger partial charge is 0.467 e. The maximum absolute atomic E-state index is 12.4. The molecule has 0 bridgehead atoms. The fraction of sp³-hybridized carbons (Fsp3) is 0.588. The minimum atomic E-state index is -0.853. The van der Waals surface area contributed by atoms with Crippen LogP contribution in [0.2, 0.25) is 5.02 Å². The van der Waals surface area contributed by atoms with Crippen molar-refractivity contribution in [2.45, 2.75) is 57.0 Å². The average Bonchev–Trinajstić information content (AvgIpc) is 2.74. The summed E-state index contributed by atoms with van der Waals surface area (Å²) >= 11 is 6.09. The maximum atomic E-state index is 12.4. The van der Waals surface area contributed by atoms with Crippen molar-refractivity contribution in [3.63, 3.8) is 0 Å². The highest BCUT2D eigenvalue weighted by molar-refractivity contribution is 6.30. The molecule has 3 nitrogen and oxygen atoms in total. The lowest BCUT2D eigenvalue weighted by Crippen LogP contribution is -2.51. The number of hydrogen-bond donors (Lipinski definition) is 1. The Morgan fingerprint density at radius 2 is 1.95 bits per heavy atom. The normalized spacial score (nSPS) is 19.6. The van der Waals surface area contributed by atoms with Gasteiger partial charge in [0.25, 0.3) is 0 Å². The molecule has 4 heteroatoms. The average molecular weight is 310 g/mol. The zero-order valence-corrected chi connectivity index (χ0v) is 13.6. The number of ether oxygens (including phenoxy) is 1. The van der Waals surface area contributed by atoms with Gasteiger partial charge >= 0.3 is 5.97 Å². The number of carbonyl (C=O) groups is 1. The Morgan fingerprint density at radius 1 is 1.29 bits per heavy atom. The Hall–Kier alpha value is -1.06. The molecule has 2 rings (SSSR count). The summed E-state index contributed by atoms with van der Waals surface area (Å²) in [4.78, 5) is 12.4. The molecule has 1 aromatic rings. The molecule has 0 amide bonds. The van der Waals surface area contributed by atoms with E-state index in [2.05, 4.69) is 5.32 Å². The molecule has 0 aromatic heterocycles. The Labute approximate surface area is 132 Å². The van der Waals surface area contributed by atoms with Gasteiger partial charge in [0, 0.05) is 11.1 Å². The van der Waals surface area contributed by atoms with Crippen LogP contribution in [0.25, 0.3) is 0 Å². The van der Waals surface area contributed by atoms with Gasteiger partial charge in [0.15, 0.2) is 0 Å². The van der Waals surface area contributed by atoms with Crippen molar-refractivity contribution >= 4 is 17.6 Å². The van der Waals surface area contributed by atoms with E-state index in [1.165, 1.54) is 32.8 Å². The van der Waals surface area contributed by atoms with Crippen LogP contribution in [0.1, 0.15) is 51.0 Å². The minimum absolute atomic E-state index is 0.269. The molecular formula is C17H24ClNO2. The highest BCUT2D eigenvalue weighted by Crippen LogP contribution is 2.28. The molecule has 1 aromatic carbocycles. The first-order chi connectivity index (χ1) is 10.1. The summed E-state index contributed by atoms with van der Waals surface area (Å²) in [5, 5.41) is 4.16. The van der Waals surface area contributed by atoms with Gasteiger partial charge in [-0.05, 0) is 37.5 Å². The third-order valence-corrected chi connectivity index (χ3v) is 4.58. The Kier molecular flexibility index (Phi) is 5.65. The van der Waals surface area contributed by atoms with Gasteiger partial charge in [-0.25, -0.2) is 4.79 Å². The van der Waals surface area contributed by atoms with Crippen LogP contribution in [0.4, 0.5) is 0 Å². The summed E-state index contributed by atoms with van der Waals surface area (Å²) in [7, 11) is 1.43. The summed E-state index contributed by atoms with van der Waals surface area (Å²) in [6, 6.07) is 7.78. The molecule has 0 aliphatic heterocycles. The van der Waals surface area contributed by atoms with E-state index in [0.717, 1.165) is 18.4 Å². The fourth-order valence-corrected chi connectivity index (χ4v) is 3.29. The number of carbonyl (C=O) groups excluding carboxylic acids is 1. The molecule has 1 aliphatic carbocycles. The summed E-state index contributed by atoms with van der Waals surface area (Å²) < 4.78 is 5.04. The van der Waals surface area contributed by atoms with Crippen molar-refractivity contribution in [3.8, 4) is 0 Å². The van der Waals surface area contributed by atoms with Crippen LogP contribution in [0.15, 0.2) is 24.3 Å². The quantitative estimate of drug-likeness (QED) is 0.674. The highest BCUT2D eigenvalue weighted by atomic mass is 35.5. The smallest absolute Gasteiger partial charge is 0.330 e. The van der Waals surface area contributed by atoms with E-state index in [4.69, 9.17) is 16.3 Å². The van der Waals surface area contributed by atoms with E-state index < -0.39 is 5.54 Å². The van der Waals surface area contributed by atoms with Crippen LogP contribution >= 0.6 is 11.6 Å². The summed E-state index contributed by atoms with van der Waals surface area (Å²) in [5.74, 6) is -0.269. The van der Waals surface area contributed by atoms with Crippen molar-refractivity contribution < 1.29 is 9.53 Å². The van der Waals surface area contributed by atoms with Crippen molar-refractivity contribution in [2.75, 3.05) is 7.11 Å². The third kappa shape index (κ3) is 3.98.